The molecule has 0 radical (unpaired) electrons. The number of benzene rings is 2. The molecule has 0 spiro atoms. The van der Waals surface area contributed by atoms with E-state index < -0.39 is 0 Å². The number of aryl methyl sites for hydroxylation is 1. The number of rotatable bonds is 7. The molecule has 0 fully saturated rings. The summed E-state index contributed by atoms with van der Waals surface area (Å²) in [6.07, 6.45) is 1.75. The number of pyridine rings is 1. The number of amides is 2. The predicted molar refractivity (Wildman–Crippen MR) is 115 cm³/mol. The van der Waals surface area contributed by atoms with Crippen LogP contribution in [-0.2, 0) is 13.2 Å². The molecule has 150 valence electrons. The van der Waals surface area contributed by atoms with Crippen LogP contribution >= 0.6 is 0 Å². The number of aromatic nitrogens is 1. The summed E-state index contributed by atoms with van der Waals surface area (Å²) in [4.78, 5) is 18.6. The number of carbonyl (C=O) groups excluding carboxylic acids is 1. The lowest BCUT2D eigenvalue weighted by Gasteiger charge is -2.22. The van der Waals surface area contributed by atoms with Gasteiger partial charge in [0, 0.05) is 19.8 Å². The largest absolute Gasteiger partial charge is 0.487 e. The first-order valence-corrected chi connectivity index (χ1v) is 9.71. The molecule has 1 aromatic heterocycles. The van der Waals surface area contributed by atoms with Crippen molar-refractivity contribution in [2.24, 2.45) is 0 Å². The van der Waals surface area contributed by atoms with E-state index >= 15 is 0 Å². The number of urea groups is 1. The maximum Gasteiger partial charge on any atom is 0.317 e. The van der Waals surface area contributed by atoms with Crippen LogP contribution in [0, 0.1) is 6.92 Å². The molecular weight excluding hydrogens is 362 g/mol. The van der Waals surface area contributed by atoms with Gasteiger partial charge in [-0.25, -0.2) is 4.79 Å². The van der Waals surface area contributed by atoms with Crippen LogP contribution < -0.4 is 10.1 Å². The fourth-order valence-corrected chi connectivity index (χ4v) is 3.01. The summed E-state index contributed by atoms with van der Waals surface area (Å²) in [5, 5.41) is 3.06. The Labute approximate surface area is 172 Å². The van der Waals surface area contributed by atoms with Gasteiger partial charge in [-0.3, -0.25) is 4.98 Å². The van der Waals surface area contributed by atoms with Crippen molar-refractivity contribution in [2.45, 2.75) is 33.0 Å². The van der Waals surface area contributed by atoms with Crippen LogP contribution in [0.25, 0.3) is 0 Å². The van der Waals surface area contributed by atoms with E-state index in [4.69, 9.17) is 4.74 Å². The highest BCUT2D eigenvalue weighted by atomic mass is 16.5. The van der Waals surface area contributed by atoms with Gasteiger partial charge in [0.15, 0.2) is 0 Å². The SMILES string of the molecule is Cc1ccccc1CN(C)C(=O)NC(C)c1cccc(OCc2ccccn2)c1. The van der Waals surface area contributed by atoms with Crippen LogP contribution in [0.2, 0.25) is 0 Å². The van der Waals surface area contributed by atoms with E-state index in [0.717, 1.165) is 22.6 Å². The van der Waals surface area contributed by atoms with Crippen molar-refractivity contribution in [1.29, 1.82) is 0 Å². The molecule has 1 heterocycles. The first-order valence-electron chi connectivity index (χ1n) is 9.71. The van der Waals surface area contributed by atoms with Gasteiger partial charge in [-0.05, 0) is 54.8 Å². The summed E-state index contributed by atoms with van der Waals surface area (Å²) in [5.41, 5.74) is 4.18. The van der Waals surface area contributed by atoms with E-state index in [1.54, 1.807) is 18.1 Å². The number of nitrogens with zero attached hydrogens (tertiary/aromatic N) is 2. The van der Waals surface area contributed by atoms with Crippen molar-refractivity contribution in [3.63, 3.8) is 0 Å². The van der Waals surface area contributed by atoms with Crippen molar-refractivity contribution < 1.29 is 9.53 Å². The minimum absolute atomic E-state index is 0.111. The Balaban J connectivity index is 1.57. The summed E-state index contributed by atoms with van der Waals surface area (Å²) in [7, 11) is 1.81. The second-order valence-corrected chi connectivity index (χ2v) is 7.14. The van der Waals surface area contributed by atoms with Gasteiger partial charge in [-0.2, -0.15) is 0 Å². The van der Waals surface area contributed by atoms with Gasteiger partial charge in [0.2, 0.25) is 0 Å². The Hall–Kier alpha value is -3.34. The van der Waals surface area contributed by atoms with E-state index in [1.807, 2.05) is 67.6 Å². The fraction of sp³-hybridized carbons (Fsp3) is 0.250. The van der Waals surface area contributed by atoms with Crippen LogP contribution in [0.3, 0.4) is 0 Å². The van der Waals surface area contributed by atoms with Crippen molar-refractivity contribution in [3.8, 4) is 5.75 Å². The summed E-state index contributed by atoms with van der Waals surface area (Å²) in [5.74, 6) is 0.752. The lowest BCUT2D eigenvalue weighted by Crippen LogP contribution is -2.38. The molecule has 0 aliphatic rings. The molecule has 2 aromatic carbocycles. The fourth-order valence-electron chi connectivity index (χ4n) is 3.01. The third kappa shape index (κ3) is 5.82. The maximum absolute atomic E-state index is 12.6. The molecule has 1 N–H and O–H groups in total. The van der Waals surface area contributed by atoms with Gasteiger partial charge in [0.05, 0.1) is 11.7 Å². The smallest absolute Gasteiger partial charge is 0.317 e. The molecule has 0 aliphatic carbocycles. The second-order valence-electron chi connectivity index (χ2n) is 7.14. The lowest BCUT2D eigenvalue weighted by molar-refractivity contribution is 0.203. The van der Waals surface area contributed by atoms with Crippen LogP contribution in [0.4, 0.5) is 4.79 Å². The van der Waals surface area contributed by atoms with Crippen molar-refractivity contribution in [3.05, 3.63) is 95.3 Å². The van der Waals surface area contributed by atoms with Crippen molar-refractivity contribution in [2.75, 3.05) is 7.05 Å². The summed E-state index contributed by atoms with van der Waals surface area (Å²) in [6.45, 7) is 5.00. The zero-order chi connectivity index (χ0) is 20.6. The monoisotopic (exact) mass is 389 g/mol. The van der Waals surface area contributed by atoms with E-state index in [0.29, 0.717) is 13.2 Å². The number of hydrogen-bond donors (Lipinski definition) is 1. The predicted octanol–water partition coefficient (Wildman–Crippen LogP) is 4.87. The molecule has 29 heavy (non-hydrogen) atoms. The quantitative estimate of drug-likeness (QED) is 0.627. The van der Waals surface area contributed by atoms with Crippen LogP contribution in [0.15, 0.2) is 72.9 Å². The number of carbonyl (C=O) groups is 1. The maximum atomic E-state index is 12.6. The lowest BCUT2D eigenvalue weighted by atomic mass is 10.1. The number of hydrogen-bond acceptors (Lipinski definition) is 3. The standard InChI is InChI=1S/C24H27N3O2/c1-18-9-4-5-10-21(18)16-27(3)24(28)26-19(2)20-11-8-13-23(15-20)29-17-22-12-6-7-14-25-22/h4-15,19H,16-17H2,1-3H3,(H,26,28). The minimum atomic E-state index is -0.139. The van der Waals surface area contributed by atoms with E-state index in [-0.39, 0.29) is 12.1 Å². The highest BCUT2D eigenvalue weighted by molar-refractivity contribution is 5.74. The zero-order valence-corrected chi connectivity index (χ0v) is 17.1. The van der Waals surface area contributed by atoms with Gasteiger partial charge in [0.1, 0.15) is 12.4 Å². The van der Waals surface area contributed by atoms with Gasteiger partial charge in [0.25, 0.3) is 0 Å². The molecule has 3 aromatic rings. The second kappa shape index (κ2) is 9.73. The average molecular weight is 389 g/mol. The van der Waals surface area contributed by atoms with Gasteiger partial charge >= 0.3 is 6.03 Å². The molecular formula is C24H27N3O2. The molecule has 0 bridgehead atoms. The van der Waals surface area contributed by atoms with Crippen LogP contribution in [0.1, 0.15) is 35.3 Å². The van der Waals surface area contributed by atoms with E-state index in [1.165, 1.54) is 5.56 Å². The van der Waals surface area contributed by atoms with Crippen molar-refractivity contribution in [1.82, 2.24) is 15.2 Å². The highest BCUT2D eigenvalue weighted by Gasteiger charge is 2.15. The third-order valence-electron chi connectivity index (χ3n) is 4.83. The van der Waals surface area contributed by atoms with Crippen LogP contribution in [0.5, 0.6) is 5.75 Å². The molecule has 1 atom stereocenters. The molecule has 5 heteroatoms. The average Bonchev–Trinajstić information content (AvgIpc) is 2.74. The number of ether oxygens (including phenoxy) is 1. The molecule has 5 nitrogen and oxygen atoms in total. The van der Waals surface area contributed by atoms with Gasteiger partial charge < -0.3 is 15.0 Å². The van der Waals surface area contributed by atoms with E-state index in [9.17, 15) is 4.79 Å². The molecule has 2 amide bonds. The molecule has 1 unspecified atom stereocenters. The molecule has 3 rings (SSSR count). The van der Waals surface area contributed by atoms with Crippen molar-refractivity contribution >= 4 is 6.03 Å². The zero-order valence-electron chi connectivity index (χ0n) is 17.1. The summed E-state index contributed by atoms with van der Waals surface area (Å²) >= 11 is 0. The topological polar surface area (TPSA) is 54.5 Å². The first kappa shape index (κ1) is 20.4. The summed E-state index contributed by atoms with van der Waals surface area (Å²) < 4.78 is 5.84. The Morgan fingerprint density at radius 1 is 1.10 bits per heavy atom. The van der Waals surface area contributed by atoms with Gasteiger partial charge in [-0.15, -0.1) is 0 Å². The molecule has 0 aliphatic heterocycles. The first-order chi connectivity index (χ1) is 14.0. The van der Waals surface area contributed by atoms with Gasteiger partial charge in [-0.1, -0.05) is 42.5 Å². The molecule has 0 saturated heterocycles. The van der Waals surface area contributed by atoms with E-state index in [2.05, 4.69) is 23.3 Å². The highest BCUT2D eigenvalue weighted by Crippen LogP contribution is 2.20. The normalized spacial score (nSPS) is 11.6. The Morgan fingerprint density at radius 3 is 2.66 bits per heavy atom. The summed E-state index contributed by atoms with van der Waals surface area (Å²) in [6, 6.07) is 21.4. The molecule has 0 saturated carbocycles. The Bertz CT molecular complexity index is 944. The number of nitrogens with one attached hydrogen (secondary N) is 1. The minimum Gasteiger partial charge on any atom is -0.487 e. The Kier molecular flexibility index (Phi) is 6.85. The third-order valence-corrected chi connectivity index (χ3v) is 4.83. The van der Waals surface area contributed by atoms with Crippen LogP contribution in [-0.4, -0.2) is 23.0 Å². The Morgan fingerprint density at radius 2 is 1.90 bits per heavy atom.